The van der Waals surface area contributed by atoms with Crippen LogP contribution in [0.4, 0.5) is 18.9 Å². The molecule has 164 valence electrons. The Labute approximate surface area is 174 Å². The summed E-state index contributed by atoms with van der Waals surface area (Å²) in [4.78, 5) is 6.45. The predicted molar refractivity (Wildman–Crippen MR) is 105 cm³/mol. The average Bonchev–Trinajstić information content (AvgIpc) is 3.03. The van der Waals surface area contributed by atoms with Crippen molar-refractivity contribution in [3.8, 4) is 11.4 Å². The average molecular weight is 435 g/mol. The van der Waals surface area contributed by atoms with Gasteiger partial charge < -0.3 is 25.2 Å². The number of pyridine rings is 1. The van der Waals surface area contributed by atoms with Gasteiger partial charge in [-0.05, 0) is 30.3 Å². The highest BCUT2D eigenvalue weighted by Gasteiger charge is 2.42. The number of benzene rings is 1. The number of hydrogen-bond acceptors (Lipinski definition) is 7. The molecule has 4 heterocycles. The van der Waals surface area contributed by atoms with Gasteiger partial charge in [0.05, 0.1) is 42.2 Å². The largest absolute Gasteiger partial charge is 0.573 e. The first-order valence-corrected chi connectivity index (χ1v) is 9.79. The second-order valence-electron chi connectivity index (χ2n) is 7.96. The Bertz CT molecular complexity index is 1110. The number of nitrogens with one attached hydrogen (secondary N) is 1. The van der Waals surface area contributed by atoms with Crippen LogP contribution in [0.15, 0.2) is 36.5 Å². The number of alkyl halides is 3. The lowest BCUT2D eigenvalue weighted by Gasteiger charge is -2.47. The van der Waals surface area contributed by atoms with E-state index in [2.05, 4.69) is 15.0 Å². The van der Waals surface area contributed by atoms with Crippen LogP contribution in [0.1, 0.15) is 11.6 Å². The predicted octanol–water partition coefficient (Wildman–Crippen LogP) is 1.55. The third kappa shape index (κ3) is 3.58. The molecule has 31 heavy (non-hydrogen) atoms. The SMILES string of the molecule is OCC1(O)CN(c2ccnc3c2c(C2CNC2)nn3-c2ccc(OC(F)(F)F)cc2)C1. The number of anilines is 1. The molecule has 2 aliphatic heterocycles. The molecule has 2 aliphatic rings. The summed E-state index contributed by atoms with van der Waals surface area (Å²) in [6.07, 6.45) is -3.12. The highest BCUT2D eigenvalue weighted by molar-refractivity contribution is 5.94. The fourth-order valence-corrected chi connectivity index (χ4v) is 3.99. The lowest BCUT2D eigenvalue weighted by atomic mass is 9.92. The topological polar surface area (TPSA) is 95.7 Å². The van der Waals surface area contributed by atoms with Crippen molar-refractivity contribution in [2.75, 3.05) is 37.7 Å². The summed E-state index contributed by atoms with van der Waals surface area (Å²) >= 11 is 0. The number of nitrogens with zero attached hydrogens (tertiary/aromatic N) is 4. The van der Waals surface area contributed by atoms with Gasteiger partial charge in [0.2, 0.25) is 0 Å². The van der Waals surface area contributed by atoms with Crippen molar-refractivity contribution in [3.63, 3.8) is 0 Å². The minimum Gasteiger partial charge on any atom is -0.406 e. The van der Waals surface area contributed by atoms with E-state index in [0.717, 1.165) is 29.9 Å². The van der Waals surface area contributed by atoms with Crippen LogP contribution in [0.3, 0.4) is 0 Å². The van der Waals surface area contributed by atoms with Crippen molar-refractivity contribution in [3.05, 3.63) is 42.2 Å². The van der Waals surface area contributed by atoms with E-state index in [-0.39, 0.29) is 18.3 Å². The minimum atomic E-state index is -4.76. The zero-order valence-corrected chi connectivity index (χ0v) is 16.3. The van der Waals surface area contributed by atoms with Gasteiger partial charge in [0, 0.05) is 25.2 Å². The summed E-state index contributed by atoms with van der Waals surface area (Å²) < 4.78 is 42.9. The van der Waals surface area contributed by atoms with Gasteiger partial charge in [-0.2, -0.15) is 5.10 Å². The van der Waals surface area contributed by atoms with Gasteiger partial charge in [-0.1, -0.05) is 0 Å². The molecule has 8 nitrogen and oxygen atoms in total. The third-order valence-corrected chi connectivity index (χ3v) is 5.66. The Hall–Kier alpha value is -2.89. The molecule has 3 N–H and O–H groups in total. The van der Waals surface area contributed by atoms with Crippen LogP contribution in [-0.2, 0) is 0 Å². The molecule has 0 unspecified atom stereocenters. The van der Waals surface area contributed by atoms with E-state index in [9.17, 15) is 23.4 Å². The zero-order chi connectivity index (χ0) is 21.8. The summed E-state index contributed by atoms with van der Waals surface area (Å²) in [6, 6.07) is 7.32. The summed E-state index contributed by atoms with van der Waals surface area (Å²) in [7, 11) is 0. The first-order valence-electron chi connectivity index (χ1n) is 9.79. The van der Waals surface area contributed by atoms with E-state index in [4.69, 9.17) is 5.10 Å². The molecular weight excluding hydrogens is 415 g/mol. The fourth-order valence-electron chi connectivity index (χ4n) is 3.99. The Kier molecular flexibility index (Phi) is 4.57. The van der Waals surface area contributed by atoms with Crippen LogP contribution in [0, 0.1) is 0 Å². The van der Waals surface area contributed by atoms with Gasteiger partial charge in [0.15, 0.2) is 5.65 Å². The molecule has 0 spiro atoms. The minimum absolute atomic E-state index is 0.178. The van der Waals surface area contributed by atoms with Gasteiger partial charge in [0.25, 0.3) is 0 Å². The number of aliphatic hydroxyl groups is 2. The highest BCUT2D eigenvalue weighted by Crippen LogP contribution is 2.38. The molecule has 11 heteroatoms. The number of aliphatic hydroxyl groups excluding tert-OH is 1. The molecule has 0 saturated carbocycles. The molecule has 2 saturated heterocycles. The first-order chi connectivity index (χ1) is 14.8. The van der Waals surface area contributed by atoms with Crippen molar-refractivity contribution in [2.45, 2.75) is 17.9 Å². The standard InChI is InChI=1S/C20H20F3N5O3/c21-20(22,23)31-14-3-1-13(2-4-14)28-18-16(17(26-28)12-7-24-8-12)15(5-6-25-18)27-9-19(30,10-27)11-29/h1-6,12,24,29-30H,7-11H2. The molecule has 2 aromatic heterocycles. The molecule has 0 bridgehead atoms. The summed E-state index contributed by atoms with van der Waals surface area (Å²) in [5.41, 5.74) is 1.69. The van der Waals surface area contributed by atoms with Crippen LogP contribution < -0.4 is 15.0 Å². The van der Waals surface area contributed by atoms with Crippen molar-refractivity contribution in [2.24, 2.45) is 0 Å². The Balaban J connectivity index is 1.56. The maximum Gasteiger partial charge on any atom is 0.573 e. The second kappa shape index (κ2) is 7.08. The smallest absolute Gasteiger partial charge is 0.406 e. The highest BCUT2D eigenvalue weighted by atomic mass is 19.4. The second-order valence-corrected chi connectivity index (χ2v) is 7.96. The van der Waals surface area contributed by atoms with Crippen molar-refractivity contribution in [1.29, 1.82) is 0 Å². The molecule has 5 rings (SSSR count). The van der Waals surface area contributed by atoms with Gasteiger partial charge >= 0.3 is 6.36 Å². The van der Waals surface area contributed by atoms with E-state index in [1.807, 2.05) is 11.0 Å². The fraction of sp³-hybridized carbons (Fsp3) is 0.400. The molecule has 0 radical (unpaired) electrons. The van der Waals surface area contributed by atoms with Crippen LogP contribution in [-0.4, -0.2) is 69.7 Å². The van der Waals surface area contributed by atoms with Crippen LogP contribution >= 0.6 is 0 Å². The summed E-state index contributed by atoms with van der Waals surface area (Å²) in [5, 5.41) is 28.4. The van der Waals surface area contributed by atoms with Gasteiger partial charge in [0.1, 0.15) is 11.4 Å². The van der Waals surface area contributed by atoms with Crippen LogP contribution in [0.2, 0.25) is 0 Å². The molecular formula is C20H20F3N5O3. The van der Waals surface area contributed by atoms with Gasteiger partial charge in [-0.25, -0.2) is 9.67 Å². The number of ether oxygens (including phenoxy) is 1. The lowest BCUT2D eigenvalue weighted by molar-refractivity contribution is -0.274. The van der Waals surface area contributed by atoms with E-state index in [1.165, 1.54) is 24.3 Å². The summed E-state index contributed by atoms with van der Waals surface area (Å²) in [6.45, 7) is 1.79. The molecule has 3 aromatic rings. The van der Waals surface area contributed by atoms with Gasteiger partial charge in [-0.15, -0.1) is 13.2 Å². The Morgan fingerprint density at radius 1 is 1.16 bits per heavy atom. The van der Waals surface area contributed by atoms with Crippen molar-refractivity contribution < 1.29 is 28.1 Å². The molecule has 0 aliphatic carbocycles. The van der Waals surface area contributed by atoms with E-state index >= 15 is 0 Å². The quantitative estimate of drug-likeness (QED) is 0.560. The Morgan fingerprint density at radius 3 is 2.45 bits per heavy atom. The van der Waals surface area contributed by atoms with E-state index < -0.39 is 12.0 Å². The molecule has 1 aromatic carbocycles. The van der Waals surface area contributed by atoms with Gasteiger partial charge in [-0.3, -0.25) is 0 Å². The number of rotatable bonds is 5. The molecule has 2 fully saturated rings. The van der Waals surface area contributed by atoms with Crippen LogP contribution in [0.25, 0.3) is 16.7 Å². The van der Waals surface area contributed by atoms with E-state index in [1.54, 1.807) is 10.9 Å². The maximum atomic E-state index is 12.5. The molecule has 0 atom stereocenters. The first kappa shape index (κ1) is 20.0. The Morgan fingerprint density at radius 2 is 1.87 bits per heavy atom. The van der Waals surface area contributed by atoms with Crippen molar-refractivity contribution >= 4 is 16.7 Å². The number of halogens is 3. The summed E-state index contributed by atoms with van der Waals surface area (Å²) in [5.74, 6) is -0.133. The monoisotopic (exact) mass is 435 g/mol. The molecule has 0 amide bonds. The van der Waals surface area contributed by atoms with Crippen molar-refractivity contribution in [1.82, 2.24) is 20.1 Å². The lowest BCUT2D eigenvalue weighted by Crippen LogP contribution is -2.64. The number of hydrogen-bond donors (Lipinski definition) is 3. The normalized spacial score (nSPS) is 18.7. The van der Waals surface area contributed by atoms with Crippen LogP contribution in [0.5, 0.6) is 5.75 Å². The third-order valence-electron chi connectivity index (χ3n) is 5.66. The number of fused-ring (bicyclic) bond motifs is 1. The zero-order valence-electron chi connectivity index (χ0n) is 16.3. The van der Waals surface area contributed by atoms with E-state index in [0.29, 0.717) is 24.4 Å². The number of aromatic nitrogens is 3. The maximum absolute atomic E-state index is 12.5. The number of β-amino-alcohol motifs (C(OH)–C–C–N with tert-alkyl or cyclic N) is 1.